The Labute approximate surface area is 136 Å². The molecule has 0 amide bonds. The molecule has 0 aliphatic carbocycles. The Morgan fingerprint density at radius 1 is 0.895 bits per heavy atom. The maximum Gasteiger partial charge on any atom is 0.673 e. The summed E-state index contributed by atoms with van der Waals surface area (Å²) < 4.78 is 39.0. The molecule has 0 saturated carbocycles. The molecule has 112 valence electrons. The Bertz CT molecular complexity index is 373. The van der Waals surface area contributed by atoms with Crippen LogP contribution in [0.25, 0.3) is 11.0 Å². The van der Waals surface area contributed by atoms with E-state index in [1.165, 1.54) is 0 Å². The fraction of sp³-hybridized carbons (Fsp3) is 0. The van der Waals surface area contributed by atoms with Crippen molar-refractivity contribution in [1.82, 2.24) is 15.4 Å². The number of halogens is 4. The van der Waals surface area contributed by atoms with Crippen LogP contribution in [0.15, 0.2) is 24.3 Å². The first-order chi connectivity index (χ1) is 6.47. The van der Waals surface area contributed by atoms with Crippen LogP contribution in [-0.2, 0) is 0 Å². The van der Waals surface area contributed by atoms with Gasteiger partial charge in [-0.1, -0.05) is 24.3 Å². The van der Waals surface area contributed by atoms with Crippen molar-refractivity contribution in [1.29, 1.82) is 0 Å². The molecular weight excluding hydrogens is 487 g/mol. The molecule has 0 radical (unpaired) electrons. The third-order valence-electron chi connectivity index (χ3n) is 1.19. The van der Waals surface area contributed by atoms with Crippen LogP contribution >= 0.6 is 0 Å². The molecule has 2 rings (SSSR count). The van der Waals surface area contributed by atoms with Gasteiger partial charge in [0.2, 0.25) is 0 Å². The van der Waals surface area contributed by atoms with E-state index in [1.807, 2.05) is 24.3 Å². The molecule has 0 bridgehead atoms. The van der Waals surface area contributed by atoms with E-state index in [0.29, 0.717) is 0 Å². The van der Waals surface area contributed by atoms with Gasteiger partial charge in [0.15, 0.2) is 0 Å². The first-order valence-corrected chi connectivity index (χ1v) is 3.55. The summed E-state index contributed by atoms with van der Waals surface area (Å²) in [5.74, 6) is 0. The molecule has 19 heavy (non-hydrogen) atoms. The van der Waals surface area contributed by atoms with Crippen molar-refractivity contribution in [3.05, 3.63) is 54.0 Å². The Morgan fingerprint density at radius 2 is 1.32 bits per heavy atom. The summed E-state index contributed by atoms with van der Waals surface area (Å²) in [6.07, 6.45) is 0. The van der Waals surface area contributed by atoms with Crippen molar-refractivity contribution in [3.8, 4) is 0 Å². The number of nitrogens with zero attached hydrogens (tertiary/aromatic N) is 3. The topological polar surface area (TPSA) is 39.9 Å². The van der Waals surface area contributed by atoms with E-state index < -0.39 is 7.25 Å². The predicted molar refractivity (Wildman–Crippen MR) is 68.7 cm³/mol. The van der Waals surface area contributed by atoms with Crippen molar-refractivity contribution >= 4 is 18.3 Å². The van der Waals surface area contributed by atoms with Crippen molar-refractivity contribution in [2.24, 2.45) is 0 Å². The monoisotopic (exact) mass is 503 g/mol. The second kappa shape index (κ2) is 13.9. The van der Waals surface area contributed by atoms with Crippen LogP contribution in [0.3, 0.4) is 0 Å². The van der Waals surface area contributed by atoms with E-state index in [1.54, 1.807) is 0 Å². The molecule has 9 heteroatoms. The van der Waals surface area contributed by atoms with E-state index >= 15 is 0 Å². The fourth-order valence-electron chi connectivity index (χ4n) is 0.752. The van der Waals surface area contributed by atoms with Crippen molar-refractivity contribution in [3.63, 3.8) is 0 Å². The zero-order chi connectivity index (χ0) is 10.6. The second-order valence-electron chi connectivity index (χ2n) is 2.27. The second-order valence-corrected chi connectivity index (χ2v) is 2.27. The number of benzene rings is 1. The maximum atomic E-state index is 9.75. The van der Waals surface area contributed by atoms with Gasteiger partial charge in [0, 0.05) is 31.1 Å². The molecule has 0 aliphatic rings. The van der Waals surface area contributed by atoms with E-state index in [0.717, 1.165) is 11.0 Å². The van der Waals surface area contributed by atoms with Crippen molar-refractivity contribution < 1.29 is 48.4 Å². The minimum atomic E-state index is -6.00. The van der Waals surface area contributed by atoms with Gasteiger partial charge in [-0.25, -0.2) is 0 Å². The number of rotatable bonds is 0. The van der Waals surface area contributed by atoms with E-state index in [2.05, 4.69) is 15.4 Å². The van der Waals surface area contributed by atoms with Crippen LogP contribution in [0.5, 0.6) is 0 Å². The quantitative estimate of drug-likeness (QED) is 0.313. The Hall–Kier alpha value is -0.543. The van der Waals surface area contributed by atoms with Gasteiger partial charge in [-0.05, 0) is 11.0 Å². The summed E-state index contributed by atoms with van der Waals surface area (Å²) in [5.41, 5.74) is 1.72. The summed E-state index contributed by atoms with van der Waals surface area (Å²) >= 11 is 0. The first-order valence-electron chi connectivity index (χ1n) is 3.55. The van der Waals surface area contributed by atoms with Crippen LogP contribution in [0, 0.1) is 60.8 Å². The zero-order valence-corrected chi connectivity index (χ0v) is 15.4. The molecule has 0 unspecified atom stereocenters. The predicted octanol–water partition coefficient (Wildman–Crippen LogP) is 3.69. The molecule has 1 aromatic heterocycles. The molecule has 0 saturated heterocycles. The van der Waals surface area contributed by atoms with Gasteiger partial charge in [0.1, 0.15) is 0 Å². The van der Waals surface area contributed by atoms with Crippen molar-refractivity contribution in [2.75, 3.05) is 0 Å². The van der Waals surface area contributed by atoms with Gasteiger partial charge in [0.05, 0.1) is 0 Å². The number of hydrogen-bond acceptors (Lipinski definition) is 2. The maximum absolute atomic E-state index is 9.75. The molecular formula is C10H16BF4N3U-6. The van der Waals surface area contributed by atoms with E-state index in [4.69, 9.17) is 0 Å². The number of fused-ring (bicyclic) bond motifs is 1. The molecule has 0 N–H and O–H groups in total. The van der Waals surface area contributed by atoms with Crippen molar-refractivity contribution in [2.45, 2.75) is 0 Å². The summed E-state index contributed by atoms with van der Waals surface area (Å²) in [6.45, 7) is 0. The first kappa shape index (κ1) is 31.1. The van der Waals surface area contributed by atoms with Crippen LogP contribution in [-0.4, -0.2) is 17.6 Å². The van der Waals surface area contributed by atoms with Crippen LogP contribution in [0.4, 0.5) is 17.3 Å². The Kier molecular flexibility index (Phi) is 22.7. The molecule has 0 aliphatic heterocycles. The Balaban J connectivity index is -0.0000000600. The fourth-order valence-corrected chi connectivity index (χ4v) is 0.752. The van der Waals surface area contributed by atoms with Gasteiger partial charge in [0.25, 0.3) is 0 Å². The average molecular weight is 503 g/mol. The summed E-state index contributed by atoms with van der Waals surface area (Å²) in [5, 5.41) is 11.0. The molecule has 0 spiro atoms. The van der Waals surface area contributed by atoms with Gasteiger partial charge in [-0.3, -0.25) is 5.21 Å². The van der Waals surface area contributed by atoms with Gasteiger partial charge in [-0.2, -0.15) is 0 Å². The van der Waals surface area contributed by atoms with Gasteiger partial charge < -0.3 is 57.2 Å². The zero-order valence-electron chi connectivity index (χ0n) is 11.2. The Morgan fingerprint density at radius 3 is 1.74 bits per heavy atom. The SMILES string of the molecule is F[B-](F)(F)F.[CH3-].[CH3-].[CH3-].[CH3-].[U].c1ccc2[n-]nnc2c1. The molecule has 0 fully saturated rings. The summed E-state index contributed by atoms with van der Waals surface area (Å²) in [4.78, 5) is 0. The van der Waals surface area contributed by atoms with Gasteiger partial charge in [-0.15, -0.1) is 0 Å². The molecule has 0 atom stereocenters. The third-order valence-corrected chi connectivity index (χ3v) is 1.19. The average Bonchev–Trinajstić information content (AvgIpc) is 2.47. The number of aromatic nitrogens is 3. The van der Waals surface area contributed by atoms with Gasteiger partial charge >= 0.3 is 7.25 Å². The molecule has 2 aromatic rings. The minimum absolute atomic E-state index is 0. The van der Waals surface area contributed by atoms with E-state index in [9.17, 15) is 17.3 Å². The normalized spacial score (nSPS) is 8.00. The molecule has 1 aromatic carbocycles. The number of hydrogen-bond donors (Lipinski definition) is 0. The smallest absolute Gasteiger partial charge is 0.418 e. The largest absolute Gasteiger partial charge is 0.673 e. The summed E-state index contributed by atoms with van der Waals surface area (Å²) in [6, 6.07) is 7.60. The van der Waals surface area contributed by atoms with Crippen LogP contribution in [0.2, 0.25) is 0 Å². The summed E-state index contributed by atoms with van der Waals surface area (Å²) in [7, 11) is -6.00. The van der Waals surface area contributed by atoms with Crippen LogP contribution in [0.1, 0.15) is 0 Å². The third kappa shape index (κ3) is 15.4. The molecule has 1 heterocycles. The molecule has 3 nitrogen and oxygen atoms in total. The van der Waals surface area contributed by atoms with E-state index in [-0.39, 0.29) is 60.8 Å². The minimum Gasteiger partial charge on any atom is -0.418 e. The van der Waals surface area contributed by atoms with Crippen LogP contribution < -0.4 is 5.10 Å². The standard InChI is InChI=1S/C6H4N3.4CH3.BF4.U/c1-2-4-6-5(3-1)7-9-8-6;;;;;2-1(3,4)5;/h1-4H;4*1H3;;/q6*-1;.